The summed E-state index contributed by atoms with van der Waals surface area (Å²) >= 11 is 0. The Balaban J connectivity index is 1.62. The highest BCUT2D eigenvalue weighted by atomic mass is 16.5. The molecule has 3 atom stereocenters. The van der Waals surface area contributed by atoms with Gasteiger partial charge in [0.15, 0.2) is 0 Å². The molecule has 130 valence electrons. The standard InChI is InChI=1S/C19H27N3O2/c1-22(2)11-13-5-4-12(18(20)23)10-15(13)21-16-14-6-9-24-17(14)19(16)7-3-8-19/h4-5,10,14,16-17,21H,3,6-9,11H2,1-2H3,(H2,20,23)/t14-,16+,17-/m0/s1. The van der Waals surface area contributed by atoms with Gasteiger partial charge in [0.25, 0.3) is 0 Å². The van der Waals surface area contributed by atoms with Crippen LogP contribution in [0.3, 0.4) is 0 Å². The molecule has 3 fully saturated rings. The monoisotopic (exact) mass is 329 g/mol. The molecule has 2 saturated carbocycles. The van der Waals surface area contributed by atoms with Crippen LogP contribution in [0, 0.1) is 11.3 Å². The van der Waals surface area contributed by atoms with E-state index in [-0.39, 0.29) is 5.91 Å². The molecule has 0 aromatic heterocycles. The van der Waals surface area contributed by atoms with E-state index in [1.165, 1.54) is 24.8 Å². The summed E-state index contributed by atoms with van der Waals surface area (Å²) in [6.07, 6.45) is 5.40. The number of benzene rings is 1. The molecular formula is C19H27N3O2. The summed E-state index contributed by atoms with van der Waals surface area (Å²) in [4.78, 5) is 13.7. The second-order valence-corrected chi connectivity index (χ2v) is 7.93. The first-order chi connectivity index (χ1) is 11.5. The van der Waals surface area contributed by atoms with Crippen LogP contribution in [-0.4, -0.2) is 43.7 Å². The van der Waals surface area contributed by atoms with E-state index in [4.69, 9.17) is 10.5 Å². The SMILES string of the molecule is CN(C)Cc1ccc(C(N)=O)cc1N[C@@H]1[C@@H]2CCO[C@@H]2C12CCC2. The van der Waals surface area contributed by atoms with Crippen molar-refractivity contribution >= 4 is 11.6 Å². The average Bonchev–Trinajstić information content (AvgIpc) is 2.89. The smallest absolute Gasteiger partial charge is 0.248 e. The first kappa shape index (κ1) is 15.9. The van der Waals surface area contributed by atoms with Crippen molar-refractivity contribution in [2.24, 2.45) is 17.1 Å². The van der Waals surface area contributed by atoms with Crippen molar-refractivity contribution in [1.29, 1.82) is 0 Å². The molecule has 1 saturated heterocycles. The molecular weight excluding hydrogens is 302 g/mol. The molecule has 1 aromatic rings. The lowest BCUT2D eigenvalue weighted by Gasteiger charge is -2.63. The molecule has 1 spiro atoms. The van der Waals surface area contributed by atoms with E-state index < -0.39 is 0 Å². The van der Waals surface area contributed by atoms with Crippen molar-refractivity contribution in [2.45, 2.75) is 44.4 Å². The van der Waals surface area contributed by atoms with Gasteiger partial charge in [0.2, 0.25) is 5.91 Å². The van der Waals surface area contributed by atoms with Crippen molar-refractivity contribution in [3.05, 3.63) is 29.3 Å². The minimum atomic E-state index is -0.372. The number of nitrogens with two attached hydrogens (primary N) is 1. The predicted octanol–water partition coefficient (Wildman–Crippen LogP) is 2.22. The number of primary amides is 1. The normalized spacial score (nSPS) is 29.9. The number of nitrogens with zero attached hydrogens (tertiary/aromatic N) is 1. The maximum Gasteiger partial charge on any atom is 0.248 e. The molecule has 3 N–H and O–H groups in total. The van der Waals surface area contributed by atoms with Crippen molar-refractivity contribution in [3.63, 3.8) is 0 Å². The minimum absolute atomic E-state index is 0.319. The second-order valence-electron chi connectivity index (χ2n) is 7.93. The van der Waals surface area contributed by atoms with Gasteiger partial charge in [-0.3, -0.25) is 4.79 Å². The van der Waals surface area contributed by atoms with Gasteiger partial charge in [0.1, 0.15) is 0 Å². The lowest BCUT2D eigenvalue weighted by molar-refractivity contribution is -0.158. The predicted molar refractivity (Wildman–Crippen MR) is 93.9 cm³/mol. The first-order valence-corrected chi connectivity index (χ1v) is 8.97. The number of amides is 1. The van der Waals surface area contributed by atoms with Gasteiger partial charge in [-0.2, -0.15) is 0 Å². The Kier molecular flexibility index (Phi) is 3.81. The zero-order valence-corrected chi connectivity index (χ0v) is 14.5. The van der Waals surface area contributed by atoms with E-state index >= 15 is 0 Å². The zero-order valence-electron chi connectivity index (χ0n) is 14.5. The van der Waals surface area contributed by atoms with Crippen LogP contribution in [0.4, 0.5) is 5.69 Å². The van der Waals surface area contributed by atoms with Crippen LogP contribution in [0.1, 0.15) is 41.6 Å². The number of rotatable bonds is 5. The van der Waals surface area contributed by atoms with E-state index in [9.17, 15) is 4.79 Å². The number of fused-ring (bicyclic) bond motifs is 2. The molecule has 5 nitrogen and oxygen atoms in total. The largest absolute Gasteiger partial charge is 0.381 e. The van der Waals surface area contributed by atoms with E-state index in [1.54, 1.807) is 0 Å². The fourth-order valence-corrected chi connectivity index (χ4v) is 4.97. The van der Waals surface area contributed by atoms with Crippen LogP contribution in [-0.2, 0) is 11.3 Å². The Morgan fingerprint density at radius 1 is 1.42 bits per heavy atom. The number of hydrogen-bond donors (Lipinski definition) is 2. The van der Waals surface area contributed by atoms with Crippen LogP contribution in [0.15, 0.2) is 18.2 Å². The molecule has 4 rings (SSSR count). The summed E-state index contributed by atoms with van der Waals surface area (Å²) in [5, 5.41) is 3.80. The molecule has 3 aliphatic rings. The third-order valence-electron chi connectivity index (χ3n) is 6.23. The van der Waals surface area contributed by atoms with Gasteiger partial charge < -0.3 is 20.7 Å². The number of nitrogens with one attached hydrogen (secondary N) is 1. The van der Waals surface area contributed by atoms with E-state index in [0.29, 0.717) is 29.0 Å². The van der Waals surface area contributed by atoms with Crippen LogP contribution in [0.5, 0.6) is 0 Å². The molecule has 5 heteroatoms. The van der Waals surface area contributed by atoms with Gasteiger partial charge in [-0.1, -0.05) is 12.5 Å². The average molecular weight is 329 g/mol. The third kappa shape index (κ3) is 2.33. The number of carbonyl (C=O) groups excluding carboxylic acids is 1. The molecule has 1 heterocycles. The fourth-order valence-electron chi connectivity index (χ4n) is 4.97. The van der Waals surface area contributed by atoms with Crippen LogP contribution in [0.2, 0.25) is 0 Å². The van der Waals surface area contributed by atoms with Gasteiger partial charge in [-0.15, -0.1) is 0 Å². The Morgan fingerprint density at radius 3 is 2.83 bits per heavy atom. The van der Waals surface area contributed by atoms with E-state index in [0.717, 1.165) is 25.3 Å². The first-order valence-electron chi connectivity index (χ1n) is 8.97. The Hall–Kier alpha value is -1.59. The summed E-state index contributed by atoms with van der Waals surface area (Å²) in [6.45, 7) is 1.73. The van der Waals surface area contributed by atoms with Crippen molar-refractivity contribution in [2.75, 3.05) is 26.0 Å². The van der Waals surface area contributed by atoms with Crippen LogP contribution < -0.4 is 11.1 Å². The Bertz CT molecular complexity index is 654. The van der Waals surface area contributed by atoms with E-state index in [2.05, 4.69) is 24.3 Å². The molecule has 1 aromatic carbocycles. The van der Waals surface area contributed by atoms with Crippen molar-refractivity contribution < 1.29 is 9.53 Å². The lowest BCUT2D eigenvalue weighted by atomic mass is 9.46. The highest BCUT2D eigenvalue weighted by molar-refractivity contribution is 5.94. The van der Waals surface area contributed by atoms with Gasteiger partial charge in [-0.05, 0) is 51.1 Å². The fraction of sp³-hybridized carbons (Fsp3) is 0.632. The molecule has 1 aliphatic heterocycles. The molecule has 0 unspecified atom stereocenters. The third-order valence-corrected chi connectivity index (χ3v) is 6.23. The topological polar surface area (TPSA) is 67.6 Å². The molecule has 0 radical (unpaired) electrons. The summed E-state index contributed by atoms with van der Waals surface area (Å²) in [5.74, 6) is 0.234. The molecule has 0 bridgehead atoms. The van der Waals surface area contributed by atoms with Crippen molar-refractivity contribution in [3.8, 4) is 0 Å². The summed E-state index contributed by atoms with van der Waals surface area (Å²) in [7, 11) is 4.12. The maximum atomic E-state index is 11.6. The van der Waals surface area contributed by atoms with Crippen molar-refractivity contribution in [1.82, 2.24) is 4.90 Å². The number of ether oxygens (including phenoxy) is 1. The highest BCUT2D eigenvalue weighted by Gasteiger charge is 2.66. The highest BCUT2D eigenvalue weighted by Crippen LogP contribution is 2.63. The second kappa shape index (κ2) is 5.74. The summed E-state index contributed by atoms with van der Waals surface area (Å²) in [6, 6.07) is 6.24. The molecule has 2 aliphatic carbocycles. The van der Waals surface area contributed by atoms with Gasteiger partial charge in [-0.25, -0.2) is 0 Å². The quantitative estimate of drug-likeness (QED) is 0.869. The van der Waals surface area contributed by atoms with E-state index in [1.807, 2.05) is 18.2 Å². The lowest BCUT2D eigenvalue weighted by Crippen LogP contribution is -2.68. The number of anilines is 1. The van der Waals surface area contributed by atoms with Gasteiger partial charge in [0.05, 0.1) is 6.10 Å². The maximum absolute atomic E-state index is 11.6. The Morgan fingerprint density at radius 2 is 2.21 bits per heavy atom. The number of carbonyl (C=O) groups is 1. The van der Waals surface area contributed by atoms with Gasteiger partial charge >= 0.3 is 0 Å². The van der Waals surface area contributed by atoms with Crippen LogP contribution >= 0.6 is 0 Å². The molecule has 1 amide bonds. The van der Waals surface area contributed by atoms with Crippen LogP contribution in [0.25, 0.3) is 0 Å². The molecule has 24 heavy (non-hydrogen) atoms. The Labute approximate surface area is 143 Å². The van der Waals surface area contributed by atoms with Gasteiger partial charge in [0, 0.05) is 41.8 Å². The summed E-state index contributed by atoms with van der Waals surface area (Å²) in [5.41, 5.74) is 8.65. The minimum Gasteiger partial charge on any atom is -0.381 e. The number of hydrogen-bond acceptors (Lipinski definition) is 4. The zero-order chi connectivity index (χ0) is 16.9. The summed E-state index contributed by atoms with van der Waals surface area (Å²) < 4.78 is 6.01.